The second-order valence-electron chi connectivity index (χ2n) is 6.71. The van der Waals surface area contributed by atoms with Crippen molar-refractivity contribution in [3.63, 3.8) is 0 Å². The van der Waals surface area contributed by atoms with E-state index >= 15 is 0 Å². The van der Waals surface area contributed by atoms with Gasteiger partial charge in [-0.05, 0) is 55.3 Å². The monoisotopic (exact) mass is 480 g/mol. The van der Waals surface area contributed by atoms with Crippen LogP contribution in [0.15, 0.2) is 53.0 Å². The molecule has 0 aromatic heterocycles. The quantitative estimate of drug-likeness (QED) is 0.495. The summed E-state index contributed by atoms with van der Waals surface area (Å²) in [6, 6.07) is 13.9. The van der Waals surface area contributed by atoms with Crippen LogP contribution in [0.1, 0.15) is 32.3 Å². The van der Waals surface area contributed by atoms with Crippen molar-refractivity contribution in [3.8, 4) is 5.75 Å². The molecule has 29 heavy (non-hydrogen) atoms. The lowest BCUT2D eigenvalue weighted by Crippen LogP contribution is -2.49. The first-order chi connectivity index (χ1) is 13.9. The van der Waals surface area contributed by atoms with Crippen LogP contribution in [0.2, 0.25) is 5.02 Å². The van der Waals surface area contributed by atoms with Gasteiger partial charge in [-0.1, -0.05) is 53.0 Å². The molecule has 0 unspecified atom stereocenters. The van der Waals surface area contributed by atoms with E-state index in [0.717, 1.165) is 22.9 Å². The van der Waals surface area contributed by atoms with Crippen molar-refractivity contribution in [2.24, 2.45) is 0 Å². The van der Waals surface area contributed by atoms with Crippen molar-refractivity contribution in [3.05, 3.63) is 63.6 Å². The van der Waals surface area contributed by atoms with Gasteiger partial charge in [0.1, 0.15) is 11.8 Å². The number of amides is 2. The van der Waals surface area contributed by atoms with Crippen LogP contribution in [-0.4, -0.2) is 35.9 Å². The lowest BCUT2D eigenvalue weighted by molar-refractivity contribution is -0.142. The minimum atomic E-state index is -0.614. The Labute approximate surface area is 185 Å². The molecule has 0 aliphatic rings. The fourth-order valence-corrected chi connectivity index (χ4v) is 3.05. The van der Waals surface area contributed by atoms with Gasteiger partial charge in [0.2, 0.25) is 5.91 Å². The van der Waals surface area contributed by atoms with Crippen molar-refractivity contribution in [2.45, 2.75) is 39.3 Å². The Bertz CT molecular complexity index is 797. The molecule has 0 radical (unpaired) electrons. The van der Waals surface area contributed by atoms with E-state index in [4.69, 9.17) is 16.3 Å². The molecule has 156 valence electrons. The third-order valence-corrected chi connectivity index (χ3v) is 5.22. The summed E-state index contributed by atoms with van der Waals surface area (Å²) < 4.78 is 6.55. The maximum atomic E-state index is 12.9. The molecule has 1 N–H and O–H groups in total. The molecule has 0 spiro atoms. The average Bonchev–Trinajstić information content (AvgIpc) is 2.72. The van der Waals surface area contributed by atoms with Gasteiger partial charge in [-0.2, -0.15) is 0 Å². The Morgan fingerprint density at radius 3 is 2.41 bits per heavy atom. The van der Waals surface area contributed by atoms with Crippen LogP contribution in [0.5, 0.6) is 5.75 Å². The maximum absolute atomic E-state index is 12.9. The number of benzene rings is 2. The van der Waals surface area contributed by atoms with E-state index in [-0.39, 0.29) is 18.4 Å². The Morgan fingerprint density at radius 1 is 1.14 bits per heavy atom. The molecule has 0 fully saturated rings. The van der Waals surface area contributed by atoms with Crippen LogP contribution >= 0.6 is 27.5 Å². The zero-order valence-electron chi connectivity index (χ0n) is 16.7. The van der Waals surface area contributed by atoms with Crippen molar-refractivity contribution >= 4 is 39.3 Å². The number of unbranched alkanes of at least 4 members (excludes halogenated alkanes) is 1. The highest BCUT2D eigenvalue weighted by Crippen LogP contribution is 2.17. The van der Waals surface area contributed by atoms with Crippen LogP contribution in [0.4, 0.5) is 0 Å². The molecule has 2 aromatic carbocycles. The Balaban J connectivity index is 2.08. The van der Waals surface area contributed by atoms with E-state index in [1.807, 2.05) is 24.3 Å². The van der Waals surface area contributed by atoms with E-state index in [1.165, 1.54) is 0 Å². The first-order valence-electron chi connectivity index (χ1n) is 9.60. The molecule has 0 saturated heterocycles. The van der Waals surface area contributed by atoms with Gasteiger partial charge in [-0.3, -0.25) is 9.59 Å². The SMILES string of the molecule is CCCCNC(=O)[C@H](C)N(Cc1ccc(Br)cc1)C(=O)COc1ccc(Cl)cc1. The van der Waals surface area contributed by atoms with Crippen LogP contribution in [0.3, 0.4) is 0 Å². The first-order valence-corrected chi connectivity index (χ1v) is 10.8. The molecule has 0 heterocycles. The number of carbonyl (C=O) groups excluding carboxylic acids is 2. The molecule has 0 aliphatic heterocycles. The van der Waals surface area contributed by atoms with Gasteiger partial charge >= 0.3 is 0 Å². The molecule has 1 atom stereocenters. The highest BCUT2D eigenvalue weighted by atomic mass is 79.9. The number of halogens is 2. The van der Waals surface area contributed by atoms with E-state index in [9.17, 15) is 9.59 Å². The first kappa shape index (κ1) is 23.2. The summed E-state index contributed by atoms with van der Waals surface area (Å²) in [5, 5.41) is 3.49. The topological polar surface area (TPSA) is 58.6 Å². The average molecular weight is 482 g/mol. The Morgan fingerprint density at radius 2 is 1.79 bits per heavy atom. The number of rotatable bonds is 10. The lowest BCUT2D eigenvalue weighted by Gasteiger charge is -2.28. The summed E-state index contributed by atoms with van der Waals surface area (Å²) in [5.41, 5.74) is 0.932. The third-order valence-electron chi connectivity index (χ3n) is 4.44. The fourth-order valence-electron chi connectivity index (χ4n) is 2.66. The number of nitrogens with zero attached hydrogens (tertiary/aromatic N) is 1. The predicted octanol–water partition coefficient (Wildman–Crippen LogP) is 4.81. The minimum absolute atomic E-state index is 0.162. The number of hydrogen-bond donors (Lipinski definition) is 1. The van der Waals surface area contributed by atoms with Crippen LogP contribution in [-0.2, 0) is 16.1 Å². The molecule has 2 aromatic rings. The molecular formula is C22H26BrClN2O3. The summed E-state index contributed by atoms with van der Waals surface area (Å²) in [5.74, 6) is 0.114. The number of nitrogens with one attached hydrogen (secondary N) is 1. The van der Waals surface area contributed by atoms with Crippen LogP contribution < -0.4 is 10.1 Å². The molecule has 7 heteroatoms. The second-order valence-corrected chi connectivity index (χ2v) is 8.06. The van der Waals surface area contributed by atoms with Gasteiger partial charge in [-0.25, -0.2) is 0 Å². The second kappa shape index (κ2) is 11.8. The standard InChI is InChI=1S/C22H26BrClN2O3/c1-3-4-13-25-22(28)16(2)26(14-17-5-7-18(23)8-6-17)21(27)15-29-20-11-9-19(24)10-12-20/h5-12,16H,3-4,13-15H2,1-2H3,(H,25,28)/t16-/m0/s1. The lowest BCUT2D eigenvalue weighted by atomic mass is 10.1. The van der Waals surface area contributed by atoms with Gasteiger partial charge in [0, 0.05) is 22.6 Å². The van der Waals surface area contributed by atoms with Crippen molar-refractivity contribution in [1.82, 2.24) is 10.2 Å². The number of carbonyl (C=O) groups is 2. The largest absolute Gasteiger partial charge is 0.484 e. The van der Waals surface area contributed by atoms with Crippen molar-refractivity contribution in [1.29, 1.82) is 0 Å². The zero-order valence-corrected chi connectivity index (χ0v) is 19.0. The van der Waals surface area contributed by atoms with Gasteiger partial charge in [0.05, 0.1) is 0 Å². The molecule has 0 saturated carbocycles. The smallest absolute Gasteiger partial charge is 0.261 e. The summed E-state index contributed by atoms with van der Waals surface area (Å²) in [6.07, 6.45) is 1.89. The van der Waals surface area contributed by atoms with Crippen LogP contribution in [0.25, 0.3) is 0 Å². The molecule has 2 rings (SSSR count). The van der Waals surface area contributed by atoms with E-state index in [0.29, 0.717) is 23.9 Å². The summed E-state index contributed by atoms with van der Waals surface area (Å²) >= 11 is 9.29. The predicted molar refractivity (Wildman–Crippen MR) is 119 cm³/mol. The van der Waals surface area contributed by atoms with Crippen LogP contribution in [0, 0.1) is 0 Å². The van der Waals surface area contributed by atoms with Gasteiger partial charge in [0.25, 0.3) is 5.91 Å². The third kappa shape index (κ3) is 7.71. The van der Waals surface area contributed by atoms with Gasteiger partial charge < -0.3 is 15.0 Å². The summed E-state index contributed by atoms with van der Waals surface area (Å²) in [4.78, 5) is 27.0. The normalized spacial score (nSPS) is 11.6. The molecule has 5 nitrogen and oxygen atoms in total. The zero-order chi connectivity index (χ0) is 21.2. The number of ether oxygens (including phenoxy) is 1. The molecule has 2 amide bonds. The molecule has 0 aliphatic carbocycles. The van der Waals surface area contributed by atoms with Gasteiger partial charge in [0.15, 0.2) is 6.61 Å². The summed E-state index contributed by atoms with van der Waals surface area (Å²) in [6.45, 7) is 4.55. The van der Waals surface area contributed by atoms with Gasteiger partial charge in [-0.15, -0.1) is 0 Å². The number of hydrogen-bond acceptors (Lipinski definition) is 3. The highest BCUT2D eigenvalue weighted by molar-refractivity contribution is 9.10. The maximum Gasteiger partial charge on any atom is 0.261 e. The fraction of sp³-hybridized carbons (Fsp3) is 0.364. The molecule has 0 bridgehead atoms. The highest BCUT2D eigenvalue weighted by Gasteiger charge is 2.26. The minimum Gasteiger partial charge on any atom is -0.484 e. The molecular weight excluding hydrogens is 456 g/mol. The van der Waals surface area contributed by atoms with Crippen molar-refractivity contribution < 1.29 is 14.3 Å². The van der Waals surface area contributed by atoms with E-state index in [2.05, 4.69) is 28.2 Å². The van der Waals surface area contributed by atoms with E-state index < -0.39 is 6.04 Å². The summed E-state index contributed by atoms with van der Waals surface area (Å²) in [7, 11) is 0. The Hall–Kier alpha value is -2.05. The van der Waals surface area contributed by atoms with Crippen molar-refractivity contribution in [2.75, 3.05) is 13.2 Å². The Kier molecular flexibility index (Phi) is 9.48. The van der Waals surface area contributed by atoms with E-state index in [1.54, 1.807) is 36.1 Å².